The monoisotopic (exact) mass is 392 g/mol. The Morgan fingerprint density at radius 3 is 2.66 bits per heavy atom. The molecule has 0 bridgehead atoms. The molecule has 152 valence electrons. The van der Waals surface area contributed by atoms with Gasteiger partial charge in [0.15, 0.2) is 0 Å². The Kier molecular flexibility index (Phi) is 5.38. The number of carbonyl (C=O) groups is 1. The van der Waals surface area contributed by atoms with Gasteiger partial charge in [0, 0.05) is 62.9 Å². The summed E-state index contributed by atoms with van der Waals surface area (Å²) in [6.45, 7) is 7.77. The molecule has 0 atom stereocenters. The van der Waals surface area contributed by atoms with Crippen LogP contribution in [0.2, 0.25) is 0 Å². The van der Waals surface area contributed by atoms with Gasteiger partial charge in [0.25, 0.3) is 0 Å². The Balaban J connectivity index is 1.41. The molecule has 1 saturated heterocycles. The molecule has 0 aliphatic carbocycles. The number of aryl methyl sites for hydroxylation is 2. The van der Waals surface area contributed by atoms with E-state index in [1.54, 1.807) is 0 Å². The molecule has 1 aliphatic rings. The maximum atomic E-state index is 12.9. The van der Waals surface area contributed by atoms with Gasteiger partial charge in [-0.3, -0.25) is 4.79 Å². The quantitative estimate of drug-likeness (QED) is 0.723. The predicted octanol–water partition coefficient (Wildman–Crippen LogP) is 2.60. The Labute approximate surface area is 171 Å². The molecule has 29 heavy (non-hydrogen) atoms. The van der Waals surface area contributed by atoms with E-state index in [0.29, 0.717) is 19.5 Å². The van der Waals surface area contributed by atoms with Gasteiger partial charge in [0.1, 0.15) is 17.5 Å². The number of piperazine rings is 1. The van der Waals surface area contributed by atoms with Crippen molar-refractivity contribution in [2.24, 2.45) is 7.05 Å². The van der Waals surface area contributed by atoms with Gasteiger partial charge >= 0.3 is 0 Å². The number of nitrogens with zero attached hydrogens (tertiary/aromatic N) is 5. The Bertz CT molecular complexity index is 1020. The molecule has 1 N–H and O–H groups in total. The van der Waals surface area contributed by atoms with Gasteiger partial charge in [-0.15, -0.1) is 0 Å². The van der Waals surface area contributed by atoms with Crippen molar-refractivity contribution < 1.29 is 4.79 Å². The number of hydrogen-bond acceptors (Lipinski definition) is 5. The Morgan fingerprint density at radius 2 is 1.90 bits per heavy atom. The van der Waals surface area contributed by atoms with Crippen LogP contribution < -0.4 is 10.2 Å². The zero-order valence-electron chi connectivity index (χ0n) is 17.4. The number of benzene rings is 1. The van der Waals surface area contributed by atoms with E-state index in [1.807, 2.05) is 37.1 Å². The van der Waals surface area contributed by atoms with Crippen LogP contribution in [0, 0.1) is 6.92 Å². The molecular formula is C22H28N6O. The third-order valence-corrected chi connectivity index (χ3v) is 5.46. The van der Waals surface area contributed by atoms with E-state index in [9.17, 15) is 4.79 Å². The maximum Gasteiger partial charge on any atom is 0.227 e. The van der Waals surface area contributed by atoms with Crippen LogP contribution in [0.1, 0.15) is 18.3 Å². The molecule has 0 unspecified atom stereocenters. The average Bonchev–Trinajstić information content (AvgIpc) is 3.04. The summed E-state index contributed by atoms with van der Waals surface area (Å²) in [5, 5.41) is 4.42. The highest BCUT2D eigenvalue weighted by Gasteiger charge is 2.23. The molecule has 2 aromatic heterocycles. The van der Waals surface area contributed by atoms with Gasteiger partial charge in [-0.2, -0.15) is 0 Å². The maximum absolute atomic E-state index is 12.9. The topological polar surface area (TPSA) is 66.3 Å². The number of rotatable bonds is 5. The zero-order chi connectivity index (χ0) is 20.4. The molecule has 3 heterocycles. The zero-order valence-corrected chi connectivity index (χ0v) is 17.4. The molecule has 1 amide bonds. The first-order valence-corrected chi connectivity index (χ1v) is 10.2. The number of nitrogens with one attached hydrogen (secondary N) is 1. The normalized spacial score (nSPS) is 14.4. The van der Waals surface area contributed by atoms with E-state index in [2.05, 4.69) is 50.0 Å². The van der Waals surface area contributed by atoms with Crippen molar-refractivity contribution in [3.63, 3.8) is 0 Å². The lowest BCUT2D eigenvalue weighted by Gasteiger charge is -2.35. The van der Waals surface area contributed by atoms with Gasteiger partial charge in [-0.1, -0.05) is 18.2 Å². The summed E-state index contributed by atoms with van der Waals surface area (Å²) in [5.74, 6) is 2.72. The van der Waals surface area contributed by atoms with Gasteiger partial charge < -0.3 is 19.7 Å². The highest BCUT2D eigenvalue weighted by molar-refractivity contribution is 5.89. The number of aromatic nitrogens is 3. The minimum atomic E-state index is 0.188. The summed E-state index contributed by atoms with van der Waals surface area (Å²) < 4.78 is 2.09. The SMILES string of the molecule is CCNc1cc(N2CCN(C(=O)Cc3cn(C)c4ccccc34)CC2)nc(C)n1. The predicted molar refractivity (Wildman–Crippen MR) is 116 cm³/mol. The van der Waals surface area contributed by atoms with E-state index in [0.717, 1.165) is 53.6 Å². The van der Waals surface area contributed by atoms with Crippen LogP contribution in [0.4, 0.5) is 11.6 Å². The first kappa shape index (κ1) is 19.2. The van der Waals surface area contributed by atoms with Crippen LogP contribution in [-0.4, -0.2) is 58.1 Å². The van der Waals surface area contributed by atoms with Crippen LogP contribution in [-0.2, 0) is 18.3 Å². The molecule has 1 aromatic carbocycles. The van der Waals surface area contributed by atoms with Crippen molar-refractivity contribution in [2.75, 3.05) is 42.9 Å². The molecule has 0 radical (unpaired) electrons. The van der Waals surface area contributed by atoms with E-state index in [4.69, 9.17) is 0 Å². The first-order chi connectivity index (χ1) is 14.0. The first-order valence-electron chi connectivity index (χ1n) is 10.2. The molecular weight excluding hydrogens is 364 g/mol. The van der Waals surface area contributed by atoms with Gasteiger partial charge in [-0.25, -0.2) is 9.97 Å². The van der Waals surface area contributed by atoms with E-state index < -0.39 is 0 Å². The number of para-hydroxylation sites is 1. The summed E-state index contributed by atoms with van der Waals surface area (Å²) in [6.07, 6.45) is 2.52. The van der Waals surface area contributed by atoms with E-state index in [1.165, 1.54) is 0 Å². The van der Waals surface area contributed by atoms with Crippen LogP contribution in [0.3, 0.4) is 0 Å². The van der Waals surface area contributed by atoms with Crippen LogP contribution in [0.15, 0.2) is 36.5 Å². The minimum Gasteiger partial charge on any atom is -0.370 e. The van der Waals surface area contributed by atoms with Crippen molar-refractivity contribution >= 4 is 28.4 Å². The highest BCUT2D eigenvalue weighted by Crippen LogP contribution is 2.22. The van der Waals surface area contributed by atoms with Crippen LogP contribution in [0.25, 0.3) is 10.9 Å². The summed E-state index contributed by atoms with van der Waals surface area (Å²) in [4.78, 5) is 26.1. The fraction of sp³-hybridized carbons (Fsp3) is 0.409. The summed E-state index contributed by atoms with van der Waals surface area (Å²) in [5.41, 5.74) is 2.26. The number of fused-ring (bicyclic) bond motifs is 1. The lowest BCUT2D eigenvalue weighted by atomic mass is 10.1. The molecule has 0 spiro atoms. The van der Waals surface area contributed by atoms with Crippen molar-refractivity contribution in [1.82, 2.24) is 19.4 Å². The number of anilines is 2. The third kappa shape index (κ3) is 4.04. The molecule has 3 aromatic rings. The summed E-state index contributed by atoms with van der Waals surface area (Å²) in [7, 11) is 2.03. The molecule has 7 nitrogen and oxygen atoms in total. The number of hydrogen-bond donors (Lipinski definition) is 1. The van der Waals surface area contributed by atoms with Crippen molar-refractivity contribution in [3.8, 4) is 0 Å². The Morgan fingerprint density at radius 1 is 1.14 bits per heavy atom. The molecule has 4 rings (SSSR count). The molecule has 1 aliphatic heterocycles. The number of amides is 1. The fourth-order valence-corrected chi connectivity index (χ4v) is 4.01. The lowest BCUT2D eigenvalue weighted by molar-refractivity contribution is -0.130. The van der Waals surface area contributed by atoms with Crippen molar-refractivity contribution in [2.45, 2.75) is 20.3 Å². The van der Waals surface area contributed by atoms with Gasteiger partial charge in [-0.05, 0) is 25.5 Å². The fourth-order valence-electron chi connectivity index (χ4n) is 4.01. The molecule has 1 fully saturated rings. The third-order valence-electron chi connectivity index (χ3n) is 5.46. The van der Waals surface area contributed by atoms with Crippen LogP contribution >= 0.6 is 0 Å². The second-order valence-electron chi connectivity index (χ2n) is 7.52. The minimum absolute atomic E-state index is 0.188. The smallest absolute Gasteiger partial charge is 0.227 e. The van der Waals surface area contributed by atoms with Crippen LogP contribution in [0.5, 0.6) is 0 Å². The second-order valence-corrected chi connectivity index (χ2v) is 7.52. The second kappa shape index (κ2) is 8.11. The molecule has 0 saturated carbocycles. The van der Waals surface area contributed by atoms with Gasteiger partial charge in [0.05, 0.1) is 6.42 Å². The Hall–Kier alpha value is -3.09. The summed E-state index contributed by atoms with van der Waals surface area (Å²) >= 11 is 0. The van der Waals surface area contributed by atoms with Gasteiger partial charge in [0.2, 0.25) is 5.91 Å². The van der Waals surface area contributed by atoms with Crippen molar-refractivity contribution in [1.29, 1.82) is 0 Å². The van der Waals surface area contributed by atoms with E-state index >= 15 is 0 Å². The summed E-state index contributed by atoms with van der Waals surface area (Å²) in [6, 6.07) is 10.2. The van der Waals surface area contributed by atoms with Crippen molar-refractivity contribution in [3.05, 3.63) is 47.9 Å². The highest BCUT2D eigenvalue weighted by atomic mass is 16.2. The molecule has 7 heteroatoms. The lowest BCUT2D eigenvalue weighted by Crippen LogP contribution is -2.49. The standard InChI is InChI=1S/C22H28N6O/c1-4-23-20-14-21(25-16(2)24-20)27-9-11-28(12-10-27)22(29)13-17-15-26(3)19-8-6-5-7-18(17)19/h5-8,14-15H,4,9-13H2,1-3H3,(H,23,24,25). The van der Waals surface area contributed by atoms with E-state index in [-0.39, 0.29) is 5.91 Å². The largest absolute Gasteiger partial charge is 0.370 e. The average molecular weight is 393 g/mol. The number of carbonyl (C=O) groups excluding carboxylic acids is 1.